The first-order valence-corrected chi connectivity index (χ1v) is 3.30. The number of hydrogen-bond donors (Lipinski definition) is 2. The highest BCUT2D eigenvalue weighted by atomic mass is 16.2. The molecule has 0 aromatic heterocycles. The van der Waals surface area contributed by atoms with Gasteiger partial charge in [0.1, 0.15) is 6.02 Å². The molecule has 0 aromatic carbocycles. The van der Waals surface area contributed by atoms with Gasteiger partial charge in [-0.05, 0) is 13.0 Å². The number of rotatable bonds is 1. The summed E-state index contributed by atoms with van der Waals surface area (Å²) in [5.74, 6) is -0.395. The molecule has 0 bridgehead atoms. The standard InChI is InChI=1S/C7H11N3O/c1-5-3-6(7(11)8-2)10-4-9-5/h3-4,6H,1-2H3,(H,8,11)(H,9,10)/i6D. The van der Waals surface area contributed by atoms with E-state index in [0.717, 1.165) is 0 Å². The molecule has 4 heteroatoms. The quantitative estimate of drug-likeness (QED) is 0.541. The van der Waals surface area contributed by atoms with Crippen molar-refractivity contribution in [1.29, 1.82) is 0 Å². The van der Waals surface area contributed by atoms with E-state index < -0.39 is 11.9 Å². The molecule has 60 valence electrons. The Morgan fingerprint density at radius 2 is 2.73 bits per heavy atom. The number of nitrogens with one attached hydrogen (secondary N) is 2. The zero-order valence-electron chi connectivity index (χ0n) is 7.51. The number of allylic oxidation sites excluding steroid dienone is 1. The summed E-state index contributed by atoms with van der Waals surface area (Å²) in [5.41, 5.74) is 0.660. The highest BCUT2D eigenvalue weighted by Crippen LogP contribution is 2.00. The zero-order valence-corrected chi connectivity index (χ0v) is 6.51. The number of hydrogen-bond acceptors (Lipinski definition) is 3. The Bertz CT molecular complexity index is 261. The van der Waals surface area contributed by atoms with Crippen molar-refractivity contribution in [2.45, 2.75) is 12.9 Å². The molecule has 1 atom stereocenters. The first kappa shape index (κ1) is 6.39. The number of amides is 1. The summed E-state index contributed by atoms with van der Waals surface area (Å²) >= 11 is 0. The lowest BCUT2D eigenvalue weighted by Crippen LogP contribution is -2.42. The molecule has 1 aliphatic rings. The van der Waals surface area contributed by atoms with Crippen LogP contribution in [0.5, 0.6) is 0 Å². The summed E-state index contributed by atoms with van der Waals surface area (Å²) in [7, 11) is 1.50. The predicted octanol–water partition coefficient (Wildman–Crippen LogP) is -0.364. The zero-order chi connectivity index (χ0) is 9.19. The summed E-state index contributed by atoms with van der Waals surface area (Å²) in [6.45, 7) is 1.74. The molecule has 1 rings (SSSR count). The average Bonchev–Trinajstić information content (AvgIpc) is 2.02. The van der Waals surface area contributed by atoms with E-state index in [-0.39, 0.29) is 0 Å². The minimum atomic E-state index is -1.40. The minimum absolute atomic E-state index is 0.395. The maximum atomic E-state index is 11.2. The molecule has 1 heterocycles. The summed E-state index contributed by atoms with van der Waals surface area (Å²) in [6.07, 6.45) is 2.82. The van der Waals surface area contributed by atoms with Crippen LogP contribution in [0.15, 0.2) is 16.8 Å². The lowest BCUT2D eigenvalue weighted by molar-refractivity contribution is -0.121. The van der Waals surface area contributed by atoms with Gasteiger partial charge in [-0.15, -0.1) is 0 Å². The van der Waals surface area contributed by atoms with E-state index in [0.29, 0.717) is 5.70 Å². The topological polar surface area (TPSA) is 53.5 Å². The Morgan fingerprint density at radius 3 is 3.27 bits per heavy atom. The number of carbonyl (C=O) groups excluding carboxylic acids is 1. The second-order valence-electron chi connectivity index (χ2n) is 2.18. The van der Waals surface area contributed by atoms with E-state index in [1.807, 2.05) is 0 Å². The van der Waals surface area contributed by atoms with Gasteiger partial charge < -0.3 is 10.6 Å². The fourth-order valence-corrected chi connectivity index (χ4v) is 0.757. The van der Waals surface area contributed by atoms with Gasteiger partial charge in [-0.2, -0.15) is 0 Å². The molecule has 0 radical (unpaired) electrons. The maximum Gasteiger partial charge on any atom is 0.246 e. The molecular formula is C7H11N3O. The molecule has 1 unspecified atom stereocenters. The van der Waals surface area contributed by atoms with Crippen molar-refractivity contribution >= 4 is 12.2 Å². The van der Waals surface area contributed by atoms with Gasteiger partial charge in [-0.3, -0.25) is 4.79 Å². The van der Waals surface area contributed by atoms with E-state index in [9.17, 15) is 4.79 Å². The van der Waals surface area contributed by atoms with E-state index in [1.165, 1.54) is 19.5 Å². The normalized spacial score (nSPS) is 30.0. The minimum Gasteiger partial charge on any atom is -0.361 e. The molecule has 0 aliphatic carbocycles. The summed E-state index contributed by atoms with van der Waals surface area (Å²) in [6, 6.07) is -1.40. The number of aliphatic imine (C=N–C) groups is 1. The summed E-state index contributed by atoms with van der Waals surface area (Å²) < 4.78 is 7.67. The van der Waals surface area contributed by atoms with E-state index in [1.54, 1.807) is 6.92 Å². The van der Waals surface area contributed by atoms with E-state index in [2.05, 4.69) is 15.6 Å². The molecule has 1 aliphatic heterocycles. The third-order valence-electron chi connectivity index (χ3n) is 1.31. The van der Waals surface area contributed by atoms with Crippen molar-refractivity contribution in [1.82, 2.24) is 10.6 Å². The van der Waals surface area contributed by atoms with Gasteiger partial charge in [0.15, 0.2) is 0 Å². The number of nitrogens with zero attached hydrogens (tertiary/aromatic N) is 1. The van der Waals surface area contributed by atoms with Crippen LogP contribution < -0.4 is 10.6 Å². The largest absolute Gasteiger partial charge is 0.361 e. The van der Waals surface area contributed by atoms with Crippen LogP contribution in [-0.4, -0.2) is 25.3 Å². The van der Waals surface area contributed by atoms with Crippen LogP contribution in [0.3, 0.4) is 0 Å². The van der Waals surface area contributed by atoms with Gasteiger partial charge in [-0.1, -0.05) is 0 Å². The fraction of sp³-hybridized carbons (Fsp3) is 0.429. The maximum absolute atomic E-state index is 11.2. The molecule has 1 amide bonds. The molecule has 11 heavy (non-hydrogen) atoms. The fourth-order valence-electron chi connectivity index (χ4n) is 0.757. The van der Waals surface area contributed by atoms with Crippen LogP contribution in [0.1, 0.15) is 8.29 Å². The lowest BCUT2D eigenvalue weighted by Gasteiger charge is -2.14. The monoisotopic (exact) mass is 154 g/mol. The van der Waals surface area contributed by atoms with Gasteiger partial charge in [-0.25, -0.2) is 4.99 Å². The van der Waals surface area contributed by atoms with Crippen molar-refractivity contribution in [3.63, 3.8) is 0 Å². The summed E-state index contributed by atoms with van der Waals surface area (Å²) in [4.78, 5) is 15.0. The highest BCUT2D eigenvalue weighted by molar-refractivity contribution is 5.86. The average molecular weight is 154 g/mol. The summed E-state index contributed by atoms with van der Waals surface area (Å²) in [5, 5.41) is 4.96. The molecule has 0 fully saturated rings. The van der Waals surface area contributed by atoms with Crippen LogP contribution in [0.4, 0.5) is 0 Å². The van der Waals surface area contributed by atoms with Crippen LogP contribution in [0, 0.1) is 0 Å². The highest BCUT2D eigenvalue weighted by Gasteiger charge is 2.14. The van der Waals surface area contributed by atoms with Gasteiger partial charge in [0.2, 0.25) is 5.91 Å². The number of carbonyl (C=O) groups is 1. The number of likely N-dealkylation sites (N-methyl/N-ethyl adjacent to an activating group) is 1. The Balaban J connectivity index is 2.87. The van der Waals surface area contributed by atoms with Crippen LogP contribution in [-0.2, 0) is 4.79 Å². The van der Waals surface area contributed by atoms with Gasteiger partial charge in [0.25, 0.3) is 0 Å². The van der Waals surface area contributed by atoms with Crippen LogP contribution in [0.25, 0.3) is 0 Å². The first-order chi connectivity index (χ1) is 5.58. The second-order valence-corrected chi connectivity index (χ2v) is 2.18. The van der Waals surface area contributed by atoms with Crippen LogP contribution in [0.2, 0.25) is 0 Å². The third kappa shape index (κ3) is 1.80. The van der Waals surface area contributed by atoms with Gasteiger partial charge in [0.05, 0.1) is 7.71 Å². The van der Waals surface area contributed by atoms with Crippen molar-refractivity contribution in [2.75, 3.05) is 7.05 Å². The predicted molar refractivity (Wildman–Crippen MR) is 43.2 cm³/mol. The Labute approximate surface area is 66.8 Å². The molecule has 4 nitrogen and oxygen atoms in total. The Hall–Kier alpha value is -1.32. The van der Waals surface area contributed by atoms with E-state index in [4.69, 9.17) is 1.37 Å². The smallest absolute Gasteiger partial charge is 0.246 e. The van der Waals surface area contributed by atoms with Crippen molar-refractivity contribution in [3.05, 3.63) is 11.8 Å². The van der Waals surface area contributed by atoms with Crippen molar-refractivity contribution in [3.8, 4) is 0 Å². The van der Waals surface area contributed by atoms with Crippen molar-refractivity contribution in [2.24, 2.45) is 4.99 Å². The lowest BCUT2D eigenvalue weighted by atomic mass is 10.2. The van der Waals surface area contributed by atoms with Gasteiger partial charge >= 0.3 is 0 Å². The van der Waals surface area contributed by atoms with Crippen LogP contribution >= 0.6 is 0 Å². The second kappa shape index (κ2) is 3.18. The molecular weight excluding hydrogens is 142 g/mol. The molecule has 2 N–H and O–H groups in total. The SMILES string of the molecule is [2H]C1(C(=O)NC)C=C(C)N=CN1. The first-order valence-electron chi connectivity index (χ1n) is 3.80. The van der Waals surface area contributed by atoms with Crippen molar-refractivity contribution < 1.29 is 6.17 Å². The molecule has 0 spiro atoms. The Kier molecular flexibility index (Phi) is 1.85. The molecule has 0 saturated heterocycles. The molecule has 0 saturated carbocycles. The van der Waals surface area contributed by atoms with E-state index >= 15 is 0 Å². The Morgan fingerprint density at radius 1 is 2.00 bits per heavy atom. The third-order valence-corrected chi connectivity index (χ3v) is 1.31. The molecule has 0 aromatic rings. The van der Waals surface area contributed by atoms with Gasteiger partial charge in [0, 0.05) is 12.7 Å².